The summed E-state index contributed by atoms with van der Waals surface area (Å²) in [6.45, 7) is 0. The molecule has 0 aliphatic rings. The van der Waals surface area contributed by atoms with Crippen LogP contribution in [0.1, 0.15) is 22.3 Å². The summed E-state index contributed by atoms with van der Waals surface area (Å²) in [7, 11) is 0. The lowest BCUT2D eigenvalue weighted by Gasteiger charge is -2.16. The largest absolute Gasteiger partial charge is 0.278 e. The molecule has 0 spiro atoms. The van der Waals surface area contributed by atoms with Crippen LogP contribution in [0.2, 0.25) is 10.0 Å². The van der Waals surface area contributed by atoms with E-state index in [1.54, 1.807) is 0 Å². The zero-order chi connectivity index (χ0) is 26.2. The molecule has 0 saturated carbocycles. The maximum Gasteiger partial charge on any atom is 0.0984 e. The van der Waals surface area contributed by atoms with Crippen molar-refractivity contribution in [3.05, 3.63) is 166 Å². The number of nitrogens with one attached hydrogen (secondary N) is 2. The fourth-order valence-corrected chi connectivity index (χ4v) is 4.19. The molecule has 0 unspecified atom stereocenters. The Labute approximate surface area is 232 Å². The van der Waals surface area contributed by atoms with E-state index < -0.39 is 0 Å². The third-order valence-corrected chi connectivity index (χ3v) is 6.32. The van der Waals surface area contributed by atoms with Gasteiger partial charge in [-0.05, 0) is 48.5 Å². The van der Waals surface area contributed by atoms with Gasteiger partial charge < -0.3 is 0 Å². The highest BCUT2D eigenvalue weighted by molar-refractivity contribution is 6.31. The minimum Gasteiger partial charge on any atom is -0.278 e. The lowest BCUT2D eigenvalue weighted by atomic mass is 9.92. The second-order valence-corrected chi connectivity index (χ2v) is 9.31. The van der Waals surface area contributed by atoms with Gasteiger partial charge in [0, 0.05) is 32.3 Å². The molecule has 2 N–H and O–H groups in total. The Bertz CT molecular complexity index is 1430. The highest BCUT2D eigenvalue weighted by Gasteiger charge is 2.18. The summed E-state index contributed by atoms with van der Waals surface area (Å²) in [4.78, 5) is 0. The average molecular weight is 535 g/mol. The van der Waals surface area contributed by atoms with Crippen LogP contribution in [0.4, 0.5) is 11.4 Å². The molecule has 6 heteroatoms. The predicted molar refractivity (Wildman–Crippen MR) is 161 cm³/mol. The van der Waals surface area contributed by atoms with Crippen molar-refractivity contribution in [2.45, 2.75) is 0 Å². The summed E-state index contributed by atoms with van der Waals surface area (Å²) < 4.78 is 0. The number of benzene rings is 5. The van der Waals surface area contributed by atoms with Crippen LogP contribution < -0.4 is 10.9 Å². The van der Waals surface area contributed by atoms with Crippen LogP contribution in [0.25, 0.3) is 0 Å². The molecule has 186 valence electrons. The monoisotopic (exact) mass is 534 g/mol. The van der Waals surface area contributed by atoms with Gasteiger partial charge in [-0.3, -0.25) is 10.9 Å². The van der Waals surface area contributed by atoms with Gasteiger partial charge in [0.25, 0.3) is 0 Å². The summed E-state index contributed by atoms with van der Waals surface area (Å²) in [5.74, 6) is 0. The quantitative estimate of drug-likeness (QED) is 0.154. The van der Waals surface area contributed by atoms with Gasteiger partial charge in [-0.2, -0.15) is 10.2 Å². The Balaban J connectivity index is 1.65. The first-order valence-electron chi connectivity index (χ1n) is 12.1. The summed E-state index contributed by atoms with van der Waals surface area (Å²) >= 11 is 12.4. The van der Waals surface area contributed by atoms with E-state index in [2.05, 4.69) is 10.9 Å². The third-order valence-electron chi connectivity index (χ3n) is 5.81. The number of halogens is 2. The molecule has 0 fully saturated rings. The first kappa shape index (κ1) is 25.3. The molecular formula is C32H24Cl2N4. The smallest absolute Gasteiger partial charge is 0.0984 e. The Kier molecular flexibility index (Phi) is 8.14. The Morgan fingerprint density at radius 3 is 1.13 bits per heavy atom. The van der Waals surface area contributed by atoms with Crippen molar-refractivity contribution in [2.75, 3.05) is 10.9 Å². The number of para-hydroxylation sites is 2. The molecule has 0 aliphatic heterocycles. The van der Waals surface area contributed by atoms with Gasteiger partial charge in [-0.15, -0.1) is 0 Å². The molecule has 0 aliphatic carbocycles. The maximum absolute atomic E-state index is 6.22. The van der Waals surface area contributed by atoms with Crippen molar-refractivity contribution < 1.29 is 0 Å². The third kappa shape index (κ3) is 6.30. The summed E-state index contributed by atoms with van der Waals surface area (Å²) in [6, 6.07) is 43.1. The second kappa shape index (κ2) is 12.2. The fraction of sp³-hybridized carbons (Fsp3) is 0. The van der Waals surface area contributed by atoms with E-state index in [9.17, 15) is 0 Å². The normalized spacial score (nSPS) is 11.7. The van der Waals surface area contributed by atoms with Crippen LogP contribution in [-0.4, -0.2) is 11.4 Å². The first-order chi connectivity index (χ1) is 18.7. The standard InChI is InChI=1S/C32H24Cl2N4/c33-25-19-15-23(16-20-25)31(37-35-27-9-3-1-4-10-27)29-13-7-8-14-30(29)32(24-17-21-26(34)22-18-24)38-36-28-11-5-2-6-12-28/h1-22,35-36H/b37-31+,38-32+. The van der Waals surface area contributed by atoms with Crippen LogP contribution >= 0.6 is 23.2 Å². The molecule has 0 radical (unpaired) electrons. The van der Waals surface area contributed by atoms with Gasteiger partial charge in [0.05, 0.1) is 22.8 Å². The predicted octanol–water partition coefficient (Wildman–Crippen LogP) is 8.72. The number of hydrazone groups is 2. The maximum atomic E-state index is 6.22. The van der Waals surface area contributed by atoms with Gasteiger partial charge in [-0.1, -0.05) is 108 Å². The fourth-order valence-electron chi connectivity index (χ4n) is 3.94. The number of hydrogen-bond donors (Lipinski definition) is 2. The van der Waals surface area contributed by atoms with Gasteiger partial charge in [0.2, 0.25) is 0 Å². The summed E-state index contributed by atoms with van der Waals surface area (Å²) in [5.41, 5.74) is 13.3. The second-order valence-electron chi connectivity index (χ2n) is 8.44. The van der Waals surface area contributed by atoms with Crippen molar-refractivity contribution in [3.8, 4) is 0 Å². The Morgan fingerprint density at radius 2 is 0.763 bits per heavy atom. The van der Waals surface area contributed by atoms with E-state index in [1.165, 1.54) is 0 Å². The Hall–Kier alpha value is -4.38. The zero-order valence-electron chi connectivity index (χ0n) is 20.4. The Morgan fingerprint density at radius 1 is 0.421 bits per heavy atom. The van der Waals surface area contributed by atoms with Crippen LogP contribution in [0.3, 0.4) is 0 Å². The highest BCUT2D eigenvalue weighted by Crippen LogP contribution is 2.23. The van der Waals surface area contributed by atoms with Gasteiger partial charge in [0.15, 0.2) is 0 Å². The van der Waals surface area contributed by atoms with E-state index in [4.69, 9.17) is 33.4 Å². The minimum absolute atomic E-state index is 0.660. The van der Waals surface area contributed by atoms with E-state index in [-0.39, 0.29) is 0 Å². The first-order valence-corrected chi connectivity index (χ1v) is 12.8. The molecule has 0 atom stereocenters. The van der Waals surface area contributed by atoms with Gasteiger partial charge in [-0.25, -0.2) is 0 Å². The van der Waals surface area contributed by atoms with Crippen molar-refractivity contribution in [2.24, 2.45) is 10.2 Å². The molecule has 4 nitrogen and oxygen atoms in total. The van der Waals surface area contributed by atoms with Crippen molar-refractivity contribution in [1.82, 2.24) is 0 Å². The minimum atomic E-state index is 0.660. The average Bonchev–Trinajstić information content (AvgIpc) is 2.97. The lowest BCUT2D eigenvalue weighted by molar-refractivity contribution is 1.31. The van der Waals surface area contributed by atoms with Crippen LogP contribution in [0.15, 0.2) is 144 Å². The van der Waals surface area contributed by atoms with Crippen molar-refractivity contribution in [3.63, 3.8) is 0 Å². The highest BCUT2D eigenvalue weighted by atomic mass is 35.5. The number of anilines is 2. The molecule has 0 heterocycles. The van der Waals surface area contributed by atoms with Crippen LogP contribution in [0.5, 0.6) is 0 Å². The van der Waals surface area contributed by atoms with Crippen LogP contribution in [-0.2, 0) is 0 Å². The molecular weight excluding hydrogens is 511 g/mol. The molecule has 0 aromatic heterocycles. The molecule has 0 bridgehead atoms. The van der Waals surface area contributed by atoms with E-state index in [0.29, 0.717) is 10.0 Å². The summed E-state index contributed by atoms with van der Waals surface area (Å²) in [5, 5.41) is 11.0. The number of hydrogen-bond acceptors (Lipinski definition) is 4. The topological polar surface area (TPSA) is 48.8 Å². The number of rotatable bonds is 8. The SMILES string of the molecule is Clc1ccc(/C(=N\Nc2ccccc2)c2ccccc2/C(=N/Nc2ccccc2)c2ccc(Cl)cc2)cc1. The lowest BCUT2D eigenvalue weighted by Crippen LogP contribution is -2.15. The summed E-state index contributed by atoms with van der Waals surface area (Å²) in [6.07, 6.45) is 0. The zero-order valence-corrected chi connectivity index (χ0v) is 21.9. The van der Waals surface area contributed by atoms with Crippen molar-refractivity contribution >= 4 is 46.0 Å². The van der Waals surface area contributed by atoms with Gasteiger partial charge in [0.1, 0.15) is 0 Å². The molecule has 0 saturated heterocycles. The molecule has 5 aromatic carbocycles. The van der Waals surface area contributed by atoms with Gasteiger partial charge >= 0.3 is 0 Å². The van der Waals surface area contributed by atoms with E-state index in [0.717, 1.165) is 45.1 Å². The molecule has 5 rings (SSSR count). The van der Waals surface area contributed by atoms with E-state index >= 15 is 0 Å². The number of nitrogens with zero attached hydrogens (tertiary/aromatic N) is 2. The van der Waals surface area contributed by atoms with Crippen LogP contribution in [0, 0.1) is 0 Å². The van der Waals surface area contributed by atoms with E-state index in [1.807, 2.05) is 133 Å². The molecule has 0 amide bonds. The van der Waals surface area contributed by atoms with Crippen molar-refractivity contribution in [1.29, 1.82) is 0 Å². The molecule has 5 aromatic rings. The molecule has 38 heavy (non-hydrogen) atoms.